The van der Waals surface area contributed by atoms with Crippen molar-refractivity contribution in [3.63, 3.8) is 0 Å². The number of aromatic nitrogens is 2. The Morgan fingerprint density at radius 1 is 1.15 bits per heavy atom. The second kappa shape index (κ2) is 6.04. The number of benzene rings is 1. The number of aryl methyl sites for hydroxylation is 4. The summed E-state index contributed by atoms with van der Waals surface area (Å²) in [4.78, 5) is 12.5. The summed E-state index contributed by atoms with van der Waals surface area (Å²) in [5.41, 5.74) is 5.19. The van der Waals surface area contributed by atoms with E-state index in [1.54, 1.807) is 0 Å². The highest BCUT2D eigenvalue weighted by molar-refractivity contribution is 5.97. The molecule has 0 atom stereocenters. The molecule has 20 heavy (non-hydrogen) atoms. The Morgan fingerprint density at radius 3 is 2.50 bits per heavy atom. The van der Waals surface area contributed by atoms with Gasteiger partial charge in [-0.15, -0.1) is 0 Å². The third-order valence-corrected chi connectivity index (χ3v) is 3.61. The number of ketones is 1. The fourth-order valence-corrected chi connectivity index (χ4v) is 2.46. The van der Waals surface area contributed by atoms with E-state index >= 15 is 0 Å². The van der Waals surface area contributed by atoms with Gasteiger partial charge < -0.3 is 0 Å². The minimum absolute atomic E-state index is 0.128. The molecule has 0 saturated heterocycles. The zero-order valence-corrected chi connectivity index (χ0v) is 12.7. The molecule has 0 spiro atoms. The van der Waals surface area contributed by atoms with E-state index < -0.39 is 0 Å². The Bertz CT molecular complexity index is 626. The predicted molar refractivity (Wildman–Crippen MR) is 81.2 cm³/mol. The van der Waals surface area contributed by atoms with Crippen molar-refractivity contribution in [2.75, 3.05) is 0 Å². The molecule has 0 aliphatic rings. The predicted octanol–water partition coefficient (Wildman–Crippen LogP) is 3.51. The number of nitrogens with zero attached hydrogens (tertiary/aromatic N) is 2. The molecule has 0 radical (unpaired) electrons. The summed E-state index contributed by atoms with van der Waals surface area (Å²) in [6.45, 7) is 8.53. The smallest absolute Gasteiger partial charge is 0.184 e. The van der Waals surface area contributed by atoms with Crippen LogP contribution in [0.4, 0.5) is 0 Å². The van der Waals surface area contributed by atoms with Gasteiger partial charge in [-0.3, -0.25) is 9.48 Å². The van der Waals surface area contributed by atoms with Crippen LogP contribution in [0.3, 0.4) is 0 Å². The second-order valence-corrected chi connectivity index (χ2v) is 5.23. The number of hydrogen-bond acceptors (Lipinski definition) is 2. The summed E-state index contributed by atoms with van der Waals surface area (Å²) in [5, 5.41) is 4.51. The van der Waals surface area contributed by atoms with Crippen LogP contribution in [0.25, 0.3) is 0 Å². The molecule has 106 valence electrons. The van der Waals surface area contributed by atoms with Gasteiger partial charge in [0, 0.05) is 11.3 Å². The number of rotatable bonds is 5. The fourth-order valence-electron chi connectivity index (χ4n) is 2.46. The molecule has 1 aromatic heterocycles. The number of carbonyl (C=O) groups excluding carboxylic acids is 1. The zero-order chi connectivity index (χ0) is 14.7. The van der Waals surface area contributed by atoms with E-state index in [1.807, 2.05) is 30.7 Å². The SMILES string of the molecule is CCc1cc(CC)n(CC(=O)c2ccc(C)cc2C)n1. The maximum Gasteiger partial charge on any atom is 0.184 e. The summed E-state index contributed by atoms with van der Waals surface area (Å²) in [6, 6.07) is 8.05. The maximum atomic E-state index is 12.5. The average molecular weight is 270 g/mol. The molecule has 0 aliphatic heterocycles. The standard InChI is InChI=1S/C17H22N2O/c1-5-14-10-15(6-2)19(18-14)11-17(20)16-8-7-12(3)9-13(16)4/h7-10H,5-6,11H2,1-4H3. The van der Waals surface area contributed by atoms with E-state index in [2.05, 4.69) is 31.1 Å². The monoisotopic (exact) mass is 270 g/mol. The van der Waals surface area contributed by atoms with E-state index in [1.165, 1.54) is 5.56 Å². The van der Waals surface area contributed by atoms with Crippen molar-refractivity contribution in [1.82, 2.24) is 9.78 Å². The minimum Gasteiger partial charge on any atom is -0.292 e. The van der Waals surface area contributed by atoms with Crippen molar-refractivity contribution in [3.8, 4) is 0 Å². The number of Topliss-reactive ketones (excluding diaryl/α,β-unsaturated/α-hetero) is 1. The molecule has 2 rings (SSSR count). The molecular formula is C17H22N2O. The molecule has 0 bridgehead atoms. The van der Waals surface area contributed by atoms with Crippen molar-refractivity contribution in [3.05, 3.63) is 52.3 Å². The Kier molecular flexibility index (Phi) is 4.38. The Morgan fingerprint density at radius 2 is 1.90 bits per heavy atom. The lowest BCUT2D eigenvalue weighted by Gasteiger charge is -2.08. The lowest BCUT2D eigenvalue weighted by Crippen LogP contribution is -2.15. The summed E-state index contributed by atoms with van der Waals surface area (Å²) < 4.78 is 1.85. The van der Waals surface area contributed by atoms with E-state index in [9.17, 15) is 4.79 Å². The molecule has 0 aliphatic carbocycles. The molecule has 0 unspecified atom stereocenters. The highest BCUT2D eigenvalue weighted by atomic mass is 16.1. The minimum atomic E-state index is 0.128. The van der Waals surface area contributed by atoms with Crippen LogP contribution in [0.2, 0.25) is 0 Å². The topological polar surface area (TPSA) is 34.9 Å². The second-order valence-electron chi connectivity index (χ2n) is 5.23. The highest BCUT2D eigenvalue weighted by Crippen LogP contribution is 2.13. The van der Waals surface area contributed by atoms with E-state index in [0.29, 0.717) is 6.54 Å². The summed E-state index contributed by atoms with van der Waals surface area (Å²) >= 11 is 0. The zero-order valence-electron chi connectivity index (χ0n) is 12.7. The van der Waals surface area contributed by atoms with Crippen LogP contribution < -0.4 is 0 Å². The lowest BCUT2D eigenvalue weighted by atomic mass is 10.0. The van der Waals surface area contributed by atoms with Crippen molar-refractivity contribution in [2.45, 2.75) is 47.1 Å². The first-order valence-electron chi connectivity index (χ1n) is 7.21. The normalized spacial score (nSPS) is 10.8. The molecule has 0 N–H and O–H groups in total. The molecule has 1 heterocycles. The van der Waals surface area contributed by atoms with E-state index in [-0.39, 0.29) is 5.78 Å². The lowest BCUT2D eigenvalue weighted by molar-refractivity contribution is 0.0966. The van der Waals surface area contributed by atoms with Crippen LogP contribution in [-0.2, 0) is 19.4 Å². The molecule has 0 fully saturated rings. The van der Waals surface area contributed by atoms with Gasteiger partial charge in [-0.05, 0) is 38.3 Å². The first-order chi connectivity index (χ1) is 9.55. The fraction of sp³-hybridized carbons (Fsp3) is 0.412. The van der Waals surface area contributed by atoms with Crippen molar-refractivity contribution in [2.24, 2.45) is 0 Å². The first-order valence-corrected chi connectivity index (χ1v) is 7.21. The van der Waals surface area contributed by atoms with Gasteiger partial charge in [0.05, 0.1) is 5.69 Å². The molecule has 2 aromatic rings. The van der Waals surface area contributed by atoms with Crippen LogP contribution in [0.5, 0.6) is 0 Å². The summed E-state index contributed by atoms with van der Waals surface area (Å²) in [5.74, 6) is 0.128. The van der Waals surface area contributed by atoms with Crippen molar-refractivity contribution < 1.29 is 4.79 Å². The molecule has 0 amide bonds. The van der Waals surface area contributed by atoms with Gasteiger partial charge in [0.1, 0.15) is 6.54 Å². The third kappa shape index (κ3) is 2.98. The molecule has 3 heteroatoms. The van der Waals surface area contributed by atoms with Gasteiger partial charge >= 0.3 is 0 Å². The van der Waals surface area contributed by atoms with Gasteiger partial charge in [-0.1, -0.05) is 37.6 Å². The van der Waals surface area contributed by atoms with Crippen LogP contribution in [-0.4, -0.2) is 15.6 Å². The van der Waals surface area contributed by atoms with Gasteiger partial charge in [0.2, 0.25) is 0 Å². The van der Waals surface area contributed by atoms with E-state index in [4.69, 9.17) is 0 Å². The highest BCUT2D eigenvalue weighted by Gasteiger charge is 2.13. The van der Waals surface area contributed by atoms with Crippen LogP contribution in [0.1, 0.15) is 46.7 Å². The van der Waals surface area contributed by atoms with Crippen LogP contribution in [0, 0.1) is 13.8 Å². The Labute approximate surface area is 120 Å². The maximum absolute atomic E-state index is 12.5. The largest absolute Gasteiger partial charge is 0.292 e. The summed E-state index contributed by atoms with van der Waals surface area (Å²) in [7, 11) is 0. The average Bonchev–Trinajstić information content (AvgIpc) is 2.80. The Hall–Kier alpha value is -1.90. The molecule has 1 aromatic carbocycles. The number of carbonyl (C=O) groups is 1. The third-order valence-electron chi connectivity index (χ3n) is 3.61. The van der Waals surface area contributed by atoms with Crippen LogP contribution >= 0.6 is 0 Å². The first kappa shape index (κ1) is 14.5. The molecular weight excluding hydrogens is 248 g/mol. The van der Waals surface area contributed by atoms with Gasteiger partial charge in [0.25, 0.3) is 0 Å². The van der Waals surface area contributed by atoms with Crippen LogP contribution in [0.15, 0.2) is 24.3 Å². The number of hydrogen-bond donors (Lipinski definition) is 0. The van der Waals surface area contributed by atoms with Gasteiger partial charge in [-0.2, -0.15) is 5.10 Å². The van der Waals surface area contributed by atoms with E-state index in [0.717, 1.165) is 35.4 Å². The van der Waals surface area contributed by atoms with Crippen molar-refractivity contribution >= 4 is 5.78 Å². The van der Waals surface area contributed by atoms with Gasteiger partial charge in [-0.25, -0.2) is 0 Å². The van der Waals surface area contributed by atoms with Gasteiger partial charge in [0.15, 0.2) is 5.78 Å². The molecule has 3 nitrogen and oxygen atoms in total. The summed E-state index contributed by atoms with van der Waals surface area (Å²) in [6.07, 6.45) is 1.80. The Balaban J connectivity index is 2.25. The molecule has 0 saturated carbocycles. The van der Waals surface area contributed by atoms with Crippen molar-refractivity contribution in [1.29, 1.82) is 0 Å². The quantitative estimate of drug-likeness (QED) is 0.779.